The van der Waals surface area contributed by atoms with E-state index in [1.165, 1.54) is 31.5 Å². The minimum atomic E-state index is 0.762. The number of nitrogens with one attached hydrogen (secondary N) is 1. The minimum Gasteiger partial charge on any atom is -0.334 e. The Hall–Kier alpha value is -0.830. The Kier molecular flexibility index (Phi) is 3.99. The van der Waals surface area contributed by atoms with Crippen LogP contribution < -0.4 is 5.32 Å². The summed E-state index contributed by atoms with van der Waals surface area (Å²) >= 11 is 0. The minimum absolute atomic E-state index is 0.762. The fourth-order valence-electron chi connectivity index (χ4n) is 2.02. The van der Waals surface area contributed by atoms with Crippen LogP contribution in [0.1, 0.15) is 45.4 Å². The molecule has 0 saturated heterocycles. The molecule has 0 bridgehead atoms. The van der Waals surface area contributed by atoms with Gasteiger partial charge in [0.05, 0.1) is 6.54 Å². The van der Waals surface area contributed by atoms with Crippen molar-refractivity contribution in [1.29, 1.82) is 0 Å². The highest BCUT2D eigenvalue weighted by molar-refractivity contribution is 4.94. The second-order valence-electron chi connectivity index (χ2n) is 4.83. The third kappa shape index (κ3) is 3.08. The smallest absolute Gasteiger partial charge is 0.122 e. The van der Waals surface area contributed by atoms with Gasteiger partial charge >= 0.3 is 0 Å². The lowest BCUT2D eigenvalue weighted by Gasteiger charge is -2.15. The first-order chi connectivity index (χ1) is 7.83. The Morgan fingerprint density at radius 3 is 2.81 bits per heavy atom. The summed E-state index contributed by atoms with van der Waals surface area (Å²) in [5.74, 6) is 1.98. The third-order valence-electron chi connectivity index (χ3n) is 3.54. The molecule has 0 spiro atoms. The standard InChI is InChI=1S/C13H23N3/c1-3-11(4-2)10-16-8-7-14-13(16)9-15-12-5-6-12/h7-8,11-12,15H,3-6,9-10H2,1-2H3. The van der Waals surface area contributed by atoms with Crippen molar-refractivity contribution >= 4 is 0 Å². The lowest BCUT2D eigenvalue weighted by molar-refractivity contribution is 0.407. The molecule has 0 radical (unpaired) electrons. The average Bonchev–Trinajstić information content (AvgIpc) is 3.03. The Balaban J connectivity index is 1.89. The van der Waals surface area contributed by atoms with E-state index >= 15 is 0 Å². The highest BCUT2D eigenvalue weighted by Gasteiger charge is 2.20. The van der Waals surface area contributed by atoms with Crippen LogP contribution in [0.15, 0.2) is 12.4 Å². The van der Waals surface area contributed by atoms with Gasteiger partial charge in [-0.1, -0.05) is 26.7 Å². The molecule has 0 unspecified atom stereocenters. The lowest BCUT2D eigenvalue weighted by Crippen LogP contribution is -2.20. The largest absolute Gasteiger partial charge is 0.334 e. The van der Waals surface area contributed by atoms with E-state index in [0.717, 1.165) is 25.0 Å². The maximum Gasteiger partial charge on any atom is 0.122 e. The normalized spacial score (nSPS) is 15.9. The van der Waals surface area contributed by atoms with E-state index in [-0.39, 0.29) is 0 Å². The summed E-state index contributed by atoms with van der Waals surface area (Å²) in [5.41, 5.74) is 0. The third-order valence-corrected chi connectivity index (χ3v) is 3.54. The summed E-state index contributed by atoms with van der Waals surface area (Å²) in [6, 6.07) is 0.762. The van der Waals surface area contributed by atoms with Crippen LogP contribution in [-0.2, 0) is 13.1 Å². The van der Waals surface area contributed by atoms with E-state index in [0.29, 0.717) is 0 Å². The predicted molar refractivity (Wildman–Crippen MR) is 66.2 cm³/mol. The quantitative estimate of drug-likeness (QED) is 0.767. The zero-order chi connectivity index (χ0) is 11.4. The molecule has 3 nitrogen and oxygen atoms in total. The van der Waals surface area contributed by atoms with Crippen LogP contribution in [0.2, 0.25) is 0 Å². The van der Waals surface area contributed by atoms with Gasteiger partial charge in [-0.25, -0.2) is 4.98 Å². The highest BCUT2D eigenvalue weighted by Crippen LogP contribution is 2.19. The van der Waals surface area contributed by atoms with Gasteiger partial charge in [-0.2, -0.15) is 0 Å². The molecule has 1 aliphatic carbocycles. The van der Waals surface area contributed by atoms with Gasteiger partial charge in [0, 0.05) is 25.0 Å². The zero-order valence-corrected chi connectivity index (χ0v) is 10.4. The van der Waals surface area contributed by atoms with Crippen molar-refractivity contribution in [3.63, 3.8) is 0 Å². The van der Waals surface area contributed by atoms with Crippen molar-refractivity contribution in [2.45, 2.75) is 58.7 Å². The molecule has 0 aliphatic heterocycles. The van der Waals surface area contributed by atoms with E-state index in [1.54, 1.807) is 0 Å². The fourth-order valence-corrected chi connectivity index (χ4v) is 2.02. The van der Waals surface area contributed by atoms with Crippen molar-refractivity contribution in [1.82, 2.24) is 14.9 Å². The maximum atomic E-state index is 4.44. The molecule has 1 fully saturated rings. The molecule has 0 amide bonds. The first kappa shape index (κ1) is 11.6. The first-order valence-corrected chi connectivity index (χ1v) is 6.56. The molecule has 1 heterocycles. The van der Waals surface area contributed by atoms with Crippen molar-refractivity contribution < 1.29 is 0 Å². The summed E-state index contributed by atoms with van der Waals surface area (Å²) in [6.07, 6.45) is 9.23. The Labute approximate surface area is 98.3 Å². The Morgan fingerprint density at radius 2 is 2.19 bits per heavy atom. The molecule has 1 N–H and O–H groups in total. The number of nitrogens with zero attached hydrogens (tertiary/aromatic N) is 2. The van der Waals surface area contributed by atoms with E-state index in [4.69, 9.17) is 0 Å². The zero-order valence-electron chi connectivity index (χ0n) is 10.4. The van der Waals surface area contributed by atoms with Crippen molar-refractivity contribution in [3.8, 4) is 0 Å². The van der Waals surface area contributed by atoms with Crippen LogP contribution >= 0.6 is 0 Å². The van der Waals surface area contributed by atoms with Crippen LogP contribution in [0, 0.1) is 5.92 Å². The topological polar surface area (TPSA) is 29.9 Å². The van der Waals surface area contributed by atoms with Gasteiger partial charge in [-0.05, 0) is 18.8 Å². The van der Waals surface area contributed by atoms with Crippen molar-refractivity contribution in [3.05, 3.63) is 18.2 Å². The van der Waals surface area contributed by atoms with E-state index < -0.39 is 0 Å². The second-order valence-corrected chi connectivity index (χ2v) is 4.83. The van der Waals surface area contributed by atoms with Gasteiger partial charge in [0.2, 0.25) is 0 Å². The summed E-state index contributed by atoms with van der Waals surface area (Å²) in [5, 5.41) is 3.53. The first-order valence-electron chi connectivity index (χ1n) is 6.56. The number of imidazole rings is 1. The summed E-state index contributed by atoms with van der Waals surface area (Å²) in [6.45, 7) is 6.59. The maximum absolute atomic E-state index is 4.44. The van der Waals surface area contributed by atoms with Gasteiger partial charge in [0.25, 0.3) is 0 Å². The number of aromatic nitrogens is 2. The van der Waals surface area contributed by atoms with Crippen molar-refractivity contribution in [2.75, 3.05) is 0 Å². The summed E-state index contributed by atoms with van der Waals surface area (Å²) in [4.78, 5) is 4.44. The molecule has 0 atom stereocenters. The SMILES string of the molecule is CCC(CC)Cn1ccnc1CNC1CC1. The fraction of sp³-hybridized carbons (Fsp3) is 0.769. The molecule has 1 aromatic rings. The van der Waals surface area contributed by atoms with Gasteiger partial charge in [-0.15, -0.1) is 0 Å². The van der Waals surface area contributed by atoms with Gasteiger partial charge in [0.1, 0.15) is 5.82 Å². The van der Waals surface area contributed by atoms with Crippen LogP contribution in [0.4, 0.5) is 0 Å². The van der Waals surface area contributed by atoms with Crippen LogP contribution in [0.3, 0.4) is 0 Å². The molecular formula is C13H23N3. The van der Waals surface area contributed by atoms with Gasteiger partial charge in [-0.3, -0.25) is 0 Å². The molecule has 3 heteroatoms. The molecule has 0 aromatic carbocycles. The Bertz CT molecular complexity index is 311. The molecule has 90 valence electrons. The average molecular weight is 221 g/mol. The predicted octanol–water partition coefficient (Wildman–Crippen LogP) is 2.57. The molecular weight excluding hydrogens is 198 g/mol. The Morgan fingerprint density at radius 1 is 1.44 bits per heavy atom. The molecule has 2 rings (SSSR count). The van der Waals surface area contributed by atoms with Crippen LogP contribution in [0.25, 0.3) is 0 Å². The summed E-state index contributed by atoms with van der Waals surface area (Å²) in [7, 11) is 0. The second kappa shape index (κ2) is 5.48. The lowest BCUT2D eigenvalue weighted by atomic mass is 10.0. The van der Waals surface area contributed by atoms with E-state index in [1.807, 2.05) is 6.20 Å². The monoisotopic (exact) mass is 221 g/mol. The number of rotatable bonds is 7. The highest BCUT2D eigenvalue weighted by atomic mass is 15.1. The summed E-state index contributed by atoms with van der Waals surface area (Å²) < 4.78 is 2.31. The number of hydrogen-bond acceptors (Lipinski definition) is 2. The molecule has 1 aliphatic rings. The van der Waals surface area contributed by atoms with Gasteiger partial charge < -0.3 is 9.88 Å². The van der Waals surface area contributed by atoms with Crippen molar-refractivity contribution in [2.24, 2.45) is 5.92 Å². The van der Waals surface area contributed by atoms with Gasteiger partial charge in [0.15, 0.2) is 0 Å². The van der Waals surface area contributed by atoms with Crippen LogP contribution in [-0.4, -0.2) is 15.6 Å². The van der Waals surface area contributed by atoms with E-state index in [9.17, 15) is 0 Å². The van der Waals surface area contributed by atoms with Crippen LogP contribution in [0.5, 0.6) is 0 Å². The molecule has 1 saturated carbocycles. The molecule has 1 aromatic heterocycles. The molecule has 16 heavy (non-hydrogen) atoms. The number of hydrogen-bond donors (Lipinski definition) is 1. The van der Waals surface area contributed by atoms with E-state index in [2.05, 4.69) is 34.9 Å².